The van der Waals surface area contributed by atoms with Crippen molar-refractivity contribution >= 4 is 35.7 Å². The van der Waals surface area contributed by atoms with Crippen molar-refractivity contribution in [3.63, 3.8) is 0 Å². The summed E-state index contributed by atoms with van der Waals surface area (Å²) in [7, 11) is 0. The molecule has 12 heteroatoms. The maximum absolute atomic E-state index is 12.1. The largest absolute Gasteiger partial charge is 0.564 e. The second-order valence-electron chi connectivity index (χ2n) is 5.46. The summed E-state index contributed by atoms with van der Waals surface area (Å²) in [6, 6.07) is -1.71. The molecule has 2 unspecified atom stereocenters. The number of carbonyl (C=O) groups is 5. The van der Waals surface area contributed by atoms with E-state index in [0.717, 1.165) is 0 Å². The van der Waals surface area contributed by atoms with Gasteiger partial charge in [-0.1, -0.05) is 0 Å². The van der Waals surface area contributed by atoms with Crippen LogP contribution in [0.1, 0.15) is 19.8 Å². The zero-order valence-electron chi connectivity index (χ0n) is 13.6. The van der Waals surface area contributed by atoms with Crippen molar-refractivity contribution in [3.8, 4) is 0 Å². The van der Waals surface area contributed by atoms with Gasteiger partial charge >= 0.3 is 12.0 Å². The molecule has 0 bridgehead atoms. The third-order valence-electron chi connectivity index (χ3n) is 3.36. The summed E-state index contributed by atoms with van der Waals surface area (Å²) in [6.07, 6.45) is -0.166. The molecule has 138 valence electrons. The Morgan fingerprint density at radius 2 is 2.00 bits per heavy atom. The number of imide groups is 1. The molecule has 0 aromatic rings. The molecule has 1 aliphatic heterocycles. The molecule has 1 aliphatic rings. The topological polar surface area (TPSA) is 200 Å². The van der Waals surface area contributed by atoms with Crippen LogP contribution in [-0.2, 0) is 19.2 Å². The Morgan fingerprint density at radius 1 is 1.36 bits per heavy atom. The van der Waals surface area contributed by atoms with Crippen molar-refractivity contribution < 1.29 is 29.1 Å². The van der Waals surface area contributed by atoms with Gasteiger partial charge in [0, 0.05) is 17.8 Å². The second-order valence-corrected chi connectivity index (χ2v) is 5.46. The number of rotatable bonds is 8. The van der Waals surface area contributed by atoms with Crippen molar-refractivity contribution in [1.29, 1.82) is 0 Å². The molecule has 0 saturated carbocycles. The molecule has 0 spiro atoms. The van der Waals surface area contributed by atoms with Crippen LogP contribution in [0.4, 0.5) is 4.79 Å². The highest BCUT2D eigenvalue weighted by Crippen LogP contribution is 2.11. The molecule has 0 aliphatic carbocycles. The maximum Gasteiger partial charge on any atom is 0.520 e. The van der Waals surface area contributed by atoms with Crippen LogP contribution in [0.2, 0.25) is 0 Å². The van der Waals surface area contributed by atoms with Gasteiger partial charge < -0.3 is 27.2 Å². The Kier molecular flexibility index (Phi) is 6.84. The number of carbonyl (C=O) groups excluding carboxylic acids is 5. The van der Waals surface area contributed by atoms with E-state index in [1.165, 1.54) is 6.92 Å². The average Bonchev–Trinajstić information content (AvgIpc) is 2.77. The van der Waals surface area contributed by atoms with Gasteiger partial charge in [0.2, 0.25) is 11.8 Å². The first-order valence-corrected chi connectivity index (χ1v) is 7.38. The Bertz CT molecular complexity index is 614. The Hall–Kier alpha value is -3.18. The van der Waals surface area contributed by atoms with E-state index in [-0.39, 0.29) is 19.4 Å². The Labute approximate surface area is 142 Å². The highest BCUT2D eigenvalue weighted by atomic mass is 16.4. The lowest BCUT2D eigenvalue weighted by Crippen LogP contribution is -2.42. The molecule has 1 fully saturated rings. The standard InChI is InChI=1S/C13H20N6O6/c1-6(11(23)24)4-16-9(21)5-19-10(22)7(17-13(19)25)2-3-8(20)18-12(14)15/h6-7H,2-5H2,1H3,(H,16,21)(H,17,25)(H,23,24)(H4,14,15,18,20)/p+1. The molecule has 12 nitrogen and oxygen atoms in total. The fourth-order valence-corrected chi connectivity index (χ4v) is 1.95. The molecular formula is C13H21N6O6+. The fraction of sp³-hybridized carbons (Fsp3) is 0.538. The maximum atomic E-state index is 12.1. The minimum Gasteiger partial charge on any atom is -0.564 e. The fourth-order valence-electron chi connectivity index (χ4n) is 1.95. The smallest absolute Gasteiger partial charge is 0.520 e. The molecule has 1 saturated heterocycles. The Morgan fingerprint density at radius 3 is 2.56 bits per heavy atom. The molecule has 5 amide bonds. The van der Waals surface area contributed by atoms with E-state index in [9.17, 15) is 24.0 Å². The summed E-state index contributed by atoms with van der Waals surface area (Å²) in [4.78, 5) is 61.8. The molecule has 8 N–H and O–H groups in total. The summed E-state index contributed by atoms with van der Waals surface area (Å²) in [5.74, 6) is -3.85. The van der Waals surface area contributed by atoms with Gasteiger partial charge in [0.15, 0.2) is 5.96 Å². The predicted molar refractivity (Wildman–Crippen MR) is 84.9 cm³/mol. The number of urea groups is 1. The molecule has 1 heterocycles. The van der Waals surface area contributed by atoms with Gasteiger partial charge in [0.05, 0.1) is 0 Å². The first kappa shape index (κ1) is 19.9. The van der Waals surface area contributed by atoms with Crippen LogP contribution in [0.3, 0.4) is 0 Å². The minimum absolute atomic E-state index is 0.0112. The number of aliphatic imine (C=N–C) groups is 1. The number of guanidine groups is 1. The van der Waals surface area contributed by atoms with Crippen molar-refractivity contribution in [2.24, 2.45) is 22.4 Å². The molecule has 0 aromatic heterocycles. The molecule has 25 heavy (non-hydrogen) atoms. The molecule has 1 rings (SSSR count). The molecule has 2 atom stereocenters. The van der Waals surface area contributed by atoms with E-state index in [2.05, 4.69) is 15.6 Å². The zero-order chi connectivity index (χ0) is 19.1. The van der Waals surface area contributed by atoms with Crippen molar-refractivity contribution in [1.82, 2.24) is 15.5 Å². The normalized spacial score (nSPS) is 17.6. The summed E-state index contributed by atoms with van der Waals surface area (Å²) in [5.41, 5.74) is 10.1. The second kappa shape index (κ2) is 8.61. The van der Waals surface area contributed by atoms with E-state index in [4.69, 9.17) is 16.6 Å². The van der Waals surface area contributed by atoms with Crippen LogP contribution >= 0.6 is 0 Å². The number of nitrogens with one attached hydrogen (secondary N) is 2. The first-order chi connectivity index (χ1) is 11.6. The lowest BCUT2D eigenvalue weighted by Gasteiger charge is -2.13. The van der Waals surface area contributed by atoms with E-state index in [0.29, 0.717) is 4.90 Å². The van der Waals surface area contributed by atoms with Crippen LogP contribution in [0.25, 0.3) is 0 Å². The summed E-state index contributed by atoms with van der Waals surface area (Å²) in [6.45, 7) is 0.871. The third-order valence-corrected chi connectivity index (χ3v) is 3.36. The number of nitrogens with zero attached hydrogens (tertiary/aromatic N) is 2. The summed E-state index contributed by atoms with van der Waals surface area (Å²) in [5, 5.41) is 11.6. The van der Waals surface area contributed by atoms with Crippen LogP contribution < -0.4 is 22.1 Å². The quantitative estimate of drug-likeness (QED) is 0.149. The molecular weight excluding hydrogens is 336 g/mol. The predicted octanol–water partition coefficient (Wildman–Crippen LogP) is -3.51. The zero-order valence-corrected chi connectivity index (χ0v) is 13.6. The van der Waals surface area contributed by atoms with Crippen LogP contribution in [0, 0.1) is 5.92 Å². The molecule has 0 aromatic carbocycles. The van der Waals surface area contributed by atoms with E-state index in [1.54, 1.807) is 0 Å². The van der Waals surface area contributed by atoms with Crippen LogP contribution in [0.15, 0.2) is 4.99 Å². The van der Waals surface area contributed by atoms with Gasteiger partial charge in [-0.15, -0.1) is 0 Å². The van der Waals surface area contributed by atoms with E-state index in [1.807, 2.05) is 0 Å². The number of hydrogen-bond donors (Lipinski definition) is 4. The number of nitrogens with two attached hydrogens (primary N) is 2. The third kappa shape index (κ3) is 6.08. The van der Waals surface area contributed by atoms with Gasteiger partial charge in [-0.05, 0) is 13.3 Å². The monoisotopic (exact) mass is 357 g/mol. The van der Waals surface area contributed by atoms with Crippen molar-refractivity contribution in [2.75, 3.05) is 13.1 Å². The molecule has 0 radical (unpaired) electrons. The first-order valence-electron chi connectivity index (χ1n) is 7.38. The lowest BCUT2D eigenvalue weighted by molar-refractivity contribution is -0.141. The minimum atomic E-state index is -0.952. The summed E-state index contributed by atoms with van der Waals surface area (Å²) < 4.78 is 0. The van der Waals surface area contributed by atoms with Crippen LogP contribution in [0.5, 0.6) is 0 Å². The number of amides is 5. The van der Waals surface area contributed by atoms with Gasteiger partial charge in [-0.2, -0.15) is 4.99 Å². The van der Waals surface area contributed by atoms with E-state index >= 15 is 0 Å². The highest BCUT2D eigenvalue weighted by molar-refractivity contribution is 6.06. The van der Waals surface area contributed by atoms with Gasteiger partial charge in [-0.3, -0.25) is 19.3 Å². The lowest BCUT2D eigenvalue weighted by atomic mass is 10.1. The Balaban J connectivity index is 2.51. The van der Waals surface area contributed by atoms with Gasteiger partial charge in [-0.25, -0.2) is 4.79 Å². The van der Waals surface area contributed by atoms with Crippen molar-refractivity contribution in [3.05, 3.63) is 0 Å². The SMILES string of the molecule is CC(CNC(=O)CN1C(=O)NC(CCC(=O)N=C(N)N)C1=O)C(=O)[OH2+]. The van der Waals surface area contributed by atoms with Gasteiger partial charge in [0.25, 0.3) is 5.91 Å². The van der Waals surface area contributed by atoms with Crippen LogP contribution in [-0.4, -0.2) is 64.8 Å². The summed E-state index contributed by atoms with van der Waals surface area (Å²) >= 11 is 0. The van der Waals surface area contributed by atoms with Gasteiger partial charge in [0.1, 0.15) is 18.5 Å². The van der Waals surface area contributed by atoms with E-state index < -0.39 is 54.2 Å². The highest BCUT2D eigenvalue weighted by Gasteiger charge is 2.39. The number of hydrogen-bond acceptors (Lipinski definition) is 5. The average molecular weight is 357 g/mol. The van der Waals surface area contributed by atoms with Crippen molar-refractivity contribution in [2.45, 2.75) is 25.8 Å².